The highest BCUT2D eigenvalue weighted by Gasteiger charge is 2.27. The molecule has 25 heavy (non-hydrogen) atoms. The van der Waals surface area contributed by atoms with E-state index >= 15 is 0 Å². The quantitative estimate of drug-likeness (QED) is 0.852. The van der Waals surface area contributed by atoms with Gasteiger partial charge in [-0.25, -0.2) is 9.37 Å². The normalized spacial score (nSPS) is 19.7. The van der Waals surface area contributed by atoms with Crippen LogP contribution in [0.25, 0.3) is 0 Å². The lowest BCUT2D eigenvalue weighted by Crippen LogP contribution is -2.34. The number of nitrogens with zero attached hydrogens (tertiary/aromatic N) is 6. The molecule has 2 aliphatic rings. The van der Waals surface area contributed by atoms with Crippen molar-refractivity contribution in [3.05, 3.63) is 35.8 Å². The predicted molar refractivity (Wildman–Crippen MR) is 93.9 cm³/mol. The van der Waals surface area contributed by atoms with Crippen molar-refractivity contribution in [1.82, 2.24) is 24.6 Å². The number of piperidine rings is 1. The van der Waals surface area contributed by atoms with E-state index in [0.717, 1.165) is 57.2 Å². The van der Waals surface area contributed by atoms with Crippen molar-refractivity contribution in [3.63, 3.8) is 0 Å². The molecule has 0 N–H and O–H groups in total. The third-order valence-electron chi connectivity index (χ3n) is 5.46. The Morgan fingerprint density at radius 2 is 1.88 bits per heavy atom. The fourth-order valence-corrected chi connectivity index (χ4v) is 3.97. The first-order valence-corrected chi connectivity index (χ1v) is 9.18. The maximum atomic E-state index is 13.9. The van der Waals surface area contributed by atoms with Gasteiger partial charge in [0.2, 0.25) is 0 Å². The van der Waals surface area contributed by atoms with Crippen LogP contribution in [-0.2, 0) is 13.6 Å². The monoisotopic (exact) mass is 344 g/mol. The molecule has 4 rings (SSSR count). The number of pyridine rings is 1. The summed E-state index contributed by atoms with van der Waals surface area (Å²) in [6, 6.07) is 3.11. The van der Waals surface area contributed by atoms with Crippen molar-refractivity contribution in [2.75, 3.05) is 31.1 Å². The van der Waals surface area contributed by atoms with Crippen molar-refractivity contribution in [1.29, 1.82) is 0 Å². The van der Waals surface area contributed by atoms with Gasteiger partial charge in [-0.15, -0.1) is 10.2 Å². The molecular formula is C18H25FN6. The Kier molecular flexibility index (Phi) is 4.65. The zero-order chi connectivity index (χ0) is 17.2. The standard InChI is InChI=1S/C18H25FN6/c1-23-16(13-24-9-2-3-10-24)21-22-17(23)14-6-11-25(12-7-14)18-15(19)5-4-8-20-18/h4-5,8,14H,2-3,6-7,9-13H2,1H3. The van der Waals surface area contributed by atoms with Gasteiger partial charge in [0.1, 0.15) is 11.6 Å². The molecule has 4 heterocycles. The lowest BCUT2D eigenvalue weighted by atomic mass is 9.96. The average molecular weight is 344 g/mol. The third-order valence-corrected chi connectivity index (χ3v) is 5.46. The molecule has 0 spiro atoms. The second-order valence-corrected chi connectivity index (χ2v) is 7.09. The number of hydrogen-bond donors (Lipinski definition) is 0. The van der Waals surface area contributed by atoms with Crippen molar-refractivity contribution >= 4 is 5.82 Å². The molecule has 0 bridgehead atoms. The number of hydrogen-bond acceptors (Lipinski definition) is 5. The third kappa shape index (κ3) is 3.38. The van der Waals surface area contributed by atoms with Gasteiger partial charge in [-0.05, 0) is 50.9 Å². The molecule has 0 aliphatic carbocycles. The minimum atomic E-state index is -0.243. The van der Waals surface area contributed by atoms with Crippen LogP contribution < -0.4 is 4.90 Å². The number of rotatable bonds is 4. The Balaban J connectivity index is 1.41. The lowest BCUT2D eigenvalue weighted by molar-refractivity contribution is 0.317. The smallest absolute Gasteiger partial charge is 0.165 e. The minimum absolute atomic E-state index is 0.243. The number of anilines is 1. The van der Waals surface area contributed by atoms with E-state index in [2.05, 4.69) is 31.7 Å². The summed E-state index contributed by atoms with van der Waals surface area (Å²) in [7, 11) is 2.07. The Hall–Kier alpha value is -2.02. The zero-order valence-electron chi connectivity index (χ0n) is 14.7. The topological polar surface area (TPSA) is 50.1 Å². The van der Waals surface area contributed by atoms with E-state index in [9.17, 15) is 4.39 Å². The number of halogens is 1. The van der Waals surface area contributed by atoms with E-state index in [-0.39, 0.29) is 5.82 Å². The maximum Gasteiger partial charge on any atom is 0.165 e. The van der Waals surface area contributed by atoms with Crippen LogP contribution in [0.5, 0.6) is 0 Å². The van der Waals surface area contributed by atoms with E-state index in [1.54, 1.807) is 12.3 Å². The van der Waals surface area contributed by atoms with E-state index < -0.39 is 0 Å². The van der Waals surface area contributed by atoms with E-state index in [4.69, 9.17) is 0 Å². The molecule has 2 aromatic rings. The Morgan fingerprint density at radius 1 is 1.12 bits per heavy atom. The van der Waals surface area contributed by atoms with Crippen molar-refractivity contribution in [2.45, 2.75) is 38.1 Å². The summed E-state index contributed by atoms with van der Waals surface area (Å²) < 4.78 is 16.1. The average Bonchev–Trinajstić information content (AvgIpc) is 3.27. The fourth-order valence-electron chi connectivity index (χ4n) is 3.97. The molecule has 0 amide bonds. The van der Waals surface area contributed by atoms with Crippen LogP contribution in [-0.4, -0.2) is 50.8 Å². The van der Waals surface area contributed by atoms with Crippen LogP contribution in [0, 0.1) is 5.82 Å². The minimum Gasteiger partial charge on any atom is -0.354 e. The zero-order valence-corrected chi connectivity index (χ0v) is 14.7. The van der Waals surface area contributed by atoms with Gasteiger partial charge in [0, 0.05) is 32.3 Å². The summed E-state index contributed by atoms with van der Waals surface area (Å²) in [5.41, 5.74) is 0. The molecule has 2 aliphatic heterocycles. The molecule has 6 nitrogen and oxygen atoms in total. The van der Waals surface area contributed by atoms with Gasteiger partial charge < -0.3 is 9.47 Å². The van der Waals surface area contributed by atoms with Crippen LogP contribution in [0.4, 0.5) is 10.2 Å². The summed E-state index contributed by atoms with van der Waals surface area (Å²) in [5.74, 6) is 2.72. The van der Waals surface area contributed by atoms with Gasteiger partial charge >= 0.3 is 0 Å². The van der Waals surface area contributed by atoms with Crippen LogP contribution in [0.2, 0.25) is 0 Å². The molecule has 2 saturated heterocycles. The Bertz CT molecular complexity index is 716. The molecule has 2 aromatic heterocycles. The first-order valence-electron chi connectivity index (χ1n) is 9.18. The molecule has 0 radical (unpaired) electrons. The summed E-state index contributed by atoms with van der Waals surface area (Å²) in [6.45, 7) is 4.81. The second-order valence-electron chi connectivity index (χ2n) is 7.09. The Morgan fingerprint density at radius 3 is 2.60 bits per heavy atom. The van der Waals surface area contributed by atoms with Gasteiger partial charge in [-0.3, -0.25) is 4.90 Å². The molecule has 0 saturated carbocycles. The van der Waals surface area contributed by atoms with E-state index in [0.29, 0.717) is 11.7 Å². The number of likely N-dealkylation sites (tertiary alicyclic amines) is 1. The van der Waals surface area contributed by atoms with Gasteiger partial charge in [-0.2, -0.15) is 0 Å². The highest BCUT2D eigenvalue weighted by atomic mass is 19.1. The van der Waals surface area contributed by atoms with Gasteiger partial charge in [0.15, 0.2) is 11.6 Å². The van der Waals surface area contributed by atoms with Crippen molar-refractivity contribution in [2.24, 2.45) is 7.05 Å². The molecular weight excluding hydrogens is 319 g/mol. The summed E-state index contributed by atoms with van der Waals surface area (Å²) >= 11 is 0. The van der Waals surface area contributed by atoms with Crippen LogP contribution in [0.3, 0.4) is 0 Å². The lowest BCUT2D eigenvalue weighted by Gasteiger charge is -2.32. The van der Waals surface area contributed by atoms with Crippen LogP contribution in [0.1, 0.15) is 43.3 Å². The van der Waals surface area contributed by atoms with Gasteiger partial charge in [0.05, 0.1) is 6.54 Å². The van der Waals surface area contributed by atoms with E-state index in [1.165, 1.54) is 18.9 Å². The largest absolute Gasteiger partial charge is 0.354 e. The highest BCUT2D eigenvalue weighted by molar-refractivity contribution is 5.40. The second kappa shape index (κ2) is 7.07. The number of aromatic nitrogens is 4. The molecule has 0 atom stereocenters. The molecule has 2 fully saturated rings. The maximum absolute atomic E-state index is 13.9. The van der Waals surface area contributed by atoms with Gasteiger partial charge in [-0.1, -0.05) is 0 Å². The molecule has 7 heteroatoms. The van der Waals surface area contributed by atoms with Crippen molar-refractivity contribution in [3.8, 4) is 0 Å². The summed E-state index contributed by atoms with van der Waals surface area (Å²) in [4.78, 5) is 8.67. The molecule has 134 valence electrons. The SMILES string of the molecule is Cn1c(CN2CCCC2)nnc1C1CCN(c2ncccc2F)CC1. The van der Waals surface area contributed by atoms with Crippen molar-refractivity contribution < 1.29 is 4.39 Å². The predicted octanol–water partition coefficient (Wildman–Crippen LogP) is 2.33. The van der Waals surface area contributed by atoms with E-state index in [1.807, 2.05) is 4.90 Å². The molecule has 0 unspecified atom stereocenters. The Labute approximate surface area is 147 Å². The first-order chi connectivity index (χ1) is 12.2. The summed E-state index contributed by atoms with van der Waals surface area (Å²) in [5, 5.41) is 8.91. The molecule has 0 aromatic carbocycles. The van der Waals surface area contributed by atoms with Gasteiger partial charge in [0.25, 0.3) is 0 Å². The fraction of sp³-hybridized carbons (Fsp3) is 0.611. The summed E-state index contributed by atoms with van der Waals surface area (Å²) in [6.07, 6.45) is 6.12. The first kappa shape index (κ1) is 16.4. The van der Waals surface area contributed by atoms with Crippen LogP contribution in [0.15, 0.2) is 18.3 Å². The highest BCUT2D eigenvalue weighted by Crippen LogP contribution is 2.30. The van der Waals surface area contributed by atoms with Crippen LogP contribution >= 0.6 is 0 Å².